The van der Waals surface area contributed by atoms with Gasteiger partial charge in [-0.2, -0.15) is 0 Å². The minimum atomic E-state index is -0.346. The van der Waals surface area contributed by atoms with Gasteiger partial charge in [0.2, 0.25) is 0 Å². The largest absolute Gasteiger partial charge is 0.493 e. The summed E-state index contributed by atoms with van der Waals surface area (Å²) in [6, 6.07) is 7.47. The molecule has 0 spiro atoms. The Balaban J connectivity index is 1.58. The molecule has 2 N–H and O–H groups in total. The Morgan fingerprint density at radius 3 is 2.88 bits per heavy atom. The molecule has 3 rings (SSSR count). The maximum absolute atomic E-state index is 12.4. The third-order valence-corrected chi connectivity index (χ3v) is 4.68. The highest BCUT2D eigenvalue weighted by Gasteiger charge is 2.27. The zero-order chi connectivity index (χ0) is 17.6. The van der Waals surface area contributed by atoms with E-state index >= 15 is 0 Å². The summed E-state index contributed by atoms with van der Waals surface area (Å²) in [5, 5.41) is 6.04. The Labute approximate surface area is 147 Å². The Bertz CT molecular complexity index is 622. The van der Waals surface area contributed by atoms with E-state index in [2.05, 4.69) is 10.6 Å². The van der Waals surface area contributed by atoms with Crippen LogP contribution in [0.5, 0.6) is 5.75 Å². The molecule has 2 atom stereocenters. The maximum atomic E-state index is 12.4. The van der Waals surface area contributed by atoms with Crippen LogP contribution in [0.1, 0.15) is 37.3 Å². The van der Waals surface area contributed by atoms with Crippen molar-refractivity contribution < 1.29 is 19.1 Å². The third-order valence-electron chi connectivity index (χ3n) is 4.68. The first kappa shape index (κ1) is 17.4. The smallest absolute Gasteiger partial charge is 0.409 e. The van der Waals surface area contributed by atoms with Crippen LogP contribution in [0.3, 0.4) is 0 Å². The topological polar surface area (TPSA) is 79.9 Å². The number of carbonyl (C=O) groups excluding carboxylic acids is 2. The molecule has 0 aromatic heterocycles. The molecule has 1 saturated heterocycles. The predicted octanol–water partition coefficient (Wildman–Crippen LogP) is 2.43. The molecule has 3 amide bonds. The summed E-state index contributed by atoms with van der Waals surface area (Å²) in [6.07, 6.45) is 3.08. The standard InChI is InChI=1S/C18H25N3O4/c1-24-18(23)21-10-4-6-13(12-21)19-17(22)20-15-8-5-11-25-16-9-3-2-7-14(15)16/h2-3,7,9,13,15H,4-6,8,10-12H2,1H3,(H2,19,20,22)/t13-,15+/m0/s1. The van der Waals surface area contributed by atoms with E-state index in [1.807, 2.05) is 24.3 Å². The first-order valence-corrected chi connectivity index (χ1v) is 8.79. The molecule has 0 saturated carbocycles. The van der Waals surface area contributed by atoms with Crippen LogP contribution < -0.4 is 15.4 Å². The lowest BCUT2D eigenvalue weighted by Crippen LogP contribution is -2.52. The van der Waals surface area contributed by atoms with Gasteiger partial charge in [0.05, 0.1) is 19.8 Å². The van der Waals surface area contributed by atoms with Crippen molar-refractivity contribution in [3.63, 3.8) is 0 Å². The number of rotatable bonds is 2. The number of hydrogen-bond acceptors (Lipinski definition) is 4. The van der Waals surface area contributed by atoms with E-state index in [1.54, 1.807) is 4.90 Å². The van der Waals surface area contributed by atoms with Crippen LogP contribution in [-0.4, -0.2) is 49.9 Å². The molecule has 136 valence electrons. The highest BCUT2D eigenvalue weighted by molar-refractivity contribution is 5.75. The number of para-hydroxylation sites is 1. The number of urea groups is 1. The highest BCUT2D eigenvalue weighted by Crippen LogP contribution is 2.31. The molecule has 2 aliphatic rings. The summed E-state index contributed by atoms with van der Waals surface area (Å²) in [7, 11) is 1.37. The molecule has 1 aromatic carbocycles. The van der Waals surface area contributed by atoms with Gasteiger partial charge in [-0.15, -0.1) is 0 Å². The molecule has 0 bridgehead atoms. The third kappa shape index (κ3) is 4.35. The minimum Gasteiger partial charge on any atom is -0.493 e. The predicted molar refractivity (Wildman–Crippen MR) is 92.6 cm³/mol. The lowest BCUT2D eigenvalue weighted by Gasteiger charge is -2.32. The Morgan fingerprint density at radius 2 is 2.04 bits per heavy atom. The maximum Gasteiger partial charge on any atom is 0.409 e. The van der Waals surface area contributed by atoms with Crippen LogP contribution in [0.15, 0.2) is 24.3 Å². The Hall–Kier alpha value is -2.44. The molecule has 7 heteroatoms. The van der Waals surface area contributed by atoms with Gasteiger partial charge in [-0.1, -0.05) is 18.2 Å². The zero-order valence-electron chi connectivity index (χ0n) is 14.5. The summed E-state index contributed by atoms with van der Waals surface area (Å²) in [5.74, 6) is 0.833. The van der Waals surface area contributed by atoms with Crippen molar-refractivity contribution in [1.29, 1.82) is 0 Å². The van der Waals surface area contributed by atoms with Crippen LogP contribution in [0.2, 0.25) is 0 Å². The van der Waals surface area contributed by atoms with E-state index in [-0.39, 0.29) is 24.2 Å². The Morgan fingerprint density at radius 1 is 1.20 bits per heavy atom. The number of benzene rings is 1. The normalized spacial score (nSPS) is 22.8. The average Bonchev–Trinajstić information content (AvgIpc) is 2.83. The first-order valence-electron chi connectivity index (χ1n) is 8.79. The van der Waals surface area contributed by atoms with Gasteiger partial charge < -0.3 is 25.0 Å². The minimum absolute atomic E-state index is 0.0647. The average molecular weight is 347 g/mol. The number of likely N-dealkylation sites (tertiary alicyclic amines) is 1. The van der Waals surface area contributed by atoms with Crippen molar-refractivity contribution >= 4 is 12.1 Å². The van der Waals surface area contributed by atoms with Crippen molar-refractivity contribution in [2.24, 2.45) is 0 Å². The molecule has 0 unspecified atom stereocenters. The fourth-order valence-corrected chi connectivity index (χ4v) is 3.45. The lowest BCUT2D eigenvalue weighted by molar-refractivity contribution is 0.108. The number of piperidine rings is 1. The van der Waals surface area contributed by atoms with Gasteiger partial charge in [0, 0.05) is 24.7 Å². The van der Waals surface area contributed by atoms with Crippen LogP contribution in [-0.2, 0) is 4.74 Å². The van der Waals surface area contributed by atoms with Crippen molar-refractivity contribution in [2.75, 3.05) is 26.8 Å². The number of methoxy groups -OCH3 is 1. The van der Waals surface area contributed by atoms with Crippen molar-refractivity contribution in [3.8, 4) is 5.75 Å². The molecule has 0 radical (unpaired) electrons. The van der Waals surface area contributed by atoms with Crippen molar-refractivity contribution in [2.45, 2.75) is 37.8 Å². The fourth-order valence-electron chi connectivity index (χ4n) is 3.45. The van der Waals surface area contributed by atoms with E-state index in [4.69, 9.17) is 9.47 Å². The van der Waals surface area contributed by atoms with Crippen LogP contribution in [0, 0.1) is 0 Å². The van der Waals surface area contributed by atoms with E-state index in [1.165, 1.54) is 7.11 Å². The van der Waals surface area contributed by atoms with Gasteiger partial charge in [0.1, 0.15) is 5.75 Å². The quantitative estimate of drug-likeness (QED) is 0.861. The van der Waals surface area contributed by atoms with Gasteiger partial charge in [-0.25, -0.2) is 9.59 Å². The molecular weight excluding hydrogens is 322 g/mol. The van der Waals surface area contributed by atoms with E-state index in [0.29, 0.717) is 19.7 Å². The fraction of sp³-hybridized carbons (Fsp3) is 0.556. The SMILES string of the molecule is COC(=O)N1CCC[C@H](NC(=O)N[C@@H]2CCCOc3ccccc32)C1. The number of nitrogens with zero attached hydrogens (tertiary/aromatic N) is 1. The number of hydrogen-bond donors (Lipinski definition) is 2. The monoisotopic (exact) mass is 347 g/mol. The number of fused-ring (bicyclic) bond motifs is 1. The van der Waals surface area contributed by atoms with Gasteiger partial charge in [-0.05, 0) is 31.7 Å². The molecule has 7 nitrogen and oxygen atoms in total. The molecule has 2 aliphatic heterocycles. The van der Waals surface area contributed by atoms with Crippen molar-refractivity contribution in [1.82, 2.24) is 15.5 Å². The van der Waals surface area contributed by atoms with E-state index in [0.717, 1.165) is 37.0 Å². The summed E-state index contributed by atoms with van der Waals surface area (Å²) in [4.78, 5) is 25.7. The second-order valence-corrected chi connectivity index (χ2v) is 6.45. The number of ether oxygens (including phenoxy) is 2. The molecular formula is C18H25N3O4. The van der Waals surface area contributed by atoms with Gasteiger partial charge in [0.25, 0.3) is 0 Å². The van der Waals surface area contributed by atoms with Gasteiger partial charge >= 0.3 is 12.1 Å². The van der Waals surface area contributed by atoms with E-state index in [9.17, 15) is 9.59 Å². The zero-order valence-corrected chi connectivity index (χ0v) is 14.5. The Kier molecular flexibility index (Phi) is 5.63. The van der Waals surface area contributed by atoms with Crippen LogP contribution >= 0.6 is 0 Å². The van der Waals surface area contributed by atoms with E-state index < -0.39 is 0 Å². The summed E-state index contributed by atoms with van der Waals surface area (Å²) in [5.41, 5.74) is 1.01. The second-order valence-electron chi connectivity index (χ2n) is 6.45. The lowest BCUT2D eigenvalue weighted by atomic mass is 10.0. The number of amides is 3. The number of nitrogens with one attached hydrogen (secondary N) is 2. The van der Waals surface area contributed by atoms with Gasteiger partial charge in [0.15, 0.2) is 0 Å². The van der Waals surface area contributed by atoms with Gasteiger partial charge in [-0.3, -0.25) is 0 Å². The molecule has 25 heavy (non-hydrogen) atoms. The summed E-state index contributed by atoms with van der Waals surface area (Å²) >= 11 is 0. The van der Waals surface area contributed by atoms with Crippen LogP contribution in [0.25, 0.3) is 0 Å². The number of carbonyl (C=O) groups is 2. The molecule has 1 fully saturated rings. The first-order chi connectivity index (χ1) is 12.2. The molecule has 2 heterocycles. The molecule has 0 aliphatic carbocycles. The van der Waals surface area contributed by atoms with Crippen LogP contribution in [0.4, 0.5) is 9.59 Å². The van der Waals surface area contributed by atoms with Crippen molar-refractivity contribution in [3.05, 3.63) is 29.8 Å². The highest BCUT2D eigenvalue weighted by atomic mass is 16.5. The molecule has 1 aromatic rings. The second kappa shape index (κ2) is 8.09. The summed E-state index contributed by atoms with van der Waals surface area (Å²) < 4.78 is 10.5. The summed E-state index contributed by atoms with van der Waals surface area (Å²) in [6.45, 7) is 1.80.